The highest BCUT2D eigenvalue weighted by molar-refractivity contribution is 5.86. The molecule has 5 aromatic rings. The van der Waals surface area contributed by atoms with Gasteiger partial charge in [-0.15, -0.1) is 0 Å². The summed E-state index contributed by atoms with van der Waals surface area (Å²) in [6.45, 7) is 2.70. The quantitative estimate of drug-likeness (QED) is 0.399. The molecule has 1 amide bonds. The third-order valence-electron chi connectivity index (χ3n) is 6.91. The van der Waals surface area contributed by atoms with Crippen LogP contribution in [-0.2, 0) is 17.8 Å². The molecule has 0 fully saturated rings. The maximum Gasteiger partial charge on any atom is 0.227 e. The molecular weight excluding hydrogens is 456 g/mol. The molecule has 1 aliphatic heterocycles. The minimum absolute atomic E-state index is 0.00516. The SMILES string of the molecule is Cc1cc(=O)c(O)c([C@H](CC(=O)N2CCc3c([nH]c4ccccc34)C2)c2cccc3nccnc23)o1. The molecule has 2 aromatic carbocycles. The summed E-state index contributed by atoms with van der Waals surface area (Å²) in [5, 5.41) is 11.9. The van der Waals surface area contributed by atoms with E-state index >= 15 is 0 Å². The van der Waals surface area contributed by atoms with Crippen LogP contribution in [0.5, 0.6) is 5.75 Å². The predicted octanol–water partition coefficient (Wildman–Crippen LogP) is 4.19. The highest BCUT2D eigenvalue weighted by Gasteiger charge is 2.31. The first-order chi connectivity index (χ1) is 17.5. The molecular formula is C28H24N4O4. The highest BCUT2D eigenvalue weighted by Crippen LogP contribution is 2.37. The highest BCUT2D eigenvalue weighted by atomic mass is 16.4. The molecule has 1 aliphatic rings. The fourth-order valence-electron chi connectivity index (χ4n) is 5.21. The molecule has 0 saturated carbocycles. The van der Waals surface area contributed by atoms with Crippen LogP contribution in [0.2, 0.25) is 0 Å². The van der Waals surface area contributed by atoms with Gasteiger partial charge >= 0.3 is 0 Å². The summed E-state index contributed by atoms with van der Waals surface area (Å²) >= 11 is 0. The third-order valence-corrected chi connectivity index (χ3v) is 6.91. The number of aromatic nitrogens is 3. The molecule has 0 saturated heterocycles. The van der Waals surface area contributed by atoms with Crippen molar-refractivity contribution in [3.63, 3.8) is 0 Å². The number of para-hydroxylation sites is 2. The molecule has 0 bridgehead atoms. The van der Waals surface area contributed by atoms with Crippen molar-refractivity contribution in [1.29, 1.82) is 0 Å². The van der Waals surface area contributed by atoms with E-state index in [0.29, 0.717) is 35.4 Å². The number of hydrogen-bond acceptors (Lipinski definition) is 6. The Morgan fingerprint density at radius 3 is 2.89 bits per heavy atom. The summed E-state index contributed by atoms with van der Waals surface area (Å²) in [6.07, 6.45) is 3.94. The van der Waals surface area contributed by atoms with Gasteiger partial charge in [-0.1, -0.05) is 30.3 Å². The van der Waals surface area contributed by atoms with Crippen LogP contribution in [0.3, 0.4) is 0 Å². The zero-order chi connectivity index (χ0) is 24.8. The number of carbonyl (C=O) groups is 1. The van der Waals surface area contributed by atoms with Gasteiger partial charge in [0.2, 0.25) is 17.1 Å². The lowest BCUT2D eigenvalue weighted by atomic mass is 9.90. The topological polar surface area (TPSA) is 112 Å². The van der Waals surface area contributed by atoms with Crippen molar-refractivity contribution in [2.45, 2.75) is 32.2 Å². The average molecular weight is 481 g/mol. The lowest BCUT2D eigenvalue weighted by molar-refractivity contribution is -0.132. The molecule has 0 radical (unpaired) electrons. The molecule has 1 atom stereocenters. The van der Waals surface area contributed by atoms with Crippen LogP contribution in [0.1, 0.15) is 40.7 Å². The van der Waals surface area contributed by atoms with Crippen molar-refractivity contribution in [1.82, 2.24) is 19.9 Å². The van der Waals surface area contributed by atoms with Crippen molar-refractivity contribution in [2.75, 3.05) is 6.54 Å². The lowest BCUT2D eigenvalue weighted by Gasteiger charge is -2.29. The van der Waals surface area contributed by atoms with E-state index in [1.165, 1.54) is 17.0 Å². The van der Waals surface area contributed by atoms with Gasteiger partial charge in [-0.2, -0.15) is 0 Å². The number of carbonyl (C=O) groups excluding carboxylic acids is 1. The summed E-state index contributed by atoms with van der Waals surface area (Å²) in [7, 11) is 0. The molecule has 8 nitrogen and oxygen atoms in total. The Kier molecular flexibility index (Phi) is 5.29. The number of aryl methyl sites for hydroxylation is 1. The van der Waals surface area contributed by atoms with E-state index < -0.39 is 17.1 Å². The average Bonchev–Trinajstić information content (AvgIpc) is 3.27. The second kappa shape index (κ2) is 8.64. The van der Waals surface area contributed by atoms with Gasteiger partial charge in [0.15, 0.2) is 5.76 Å². The molecule has 0 unspecified atom stereocenters. The van der Waals surface area contributed by atoms with Crippen molar-refractivity contribution >= 4 is 27.8 Å². The van der Waals surface area contributed by atoms with Crippen LogP contribution in [0.15, 0.2) is 70.1 Å². The number of fused-ring (bicyclic) bond motifs is 4. The van der Waals surface area contributed by atoms with Gasteiger partial charge < -0.3 is 19.4 Å². The number of H-pyrrole nitrogens is 1. The first kappa shape index (κ1) is 22.0. The zero-order valence-electron chi connectivity index (χ0n) is 19.7. The van der Waals surface area contributed by atoms with Gasteiger partial charge in [-0.05, 0) is 36.6 Å². The van der Waals surface area contributed by atoms with E-state index in [2.05, 4.69) is 21.0 Å². The molecule has 0 spiro atoms. The minimum atomic E-state index is -0.713. The Bertz CT molecular complexity index is 1680. The molecule has 6 rings (SSSR count). The number of rotatable bonds is 4. The number of aromatic amines is 1. The number of hydrogen-bond donors (Lipinski definition) is 2. The van der Waals surface area contributed by atoms with E-state index in [4.69, 9.17) is 4.42 Å². The van der Waals surface area contributed by atoms with E-state index in [1.807, 2.05) is 41.3 Å². The monoisotopic (exact) mass is 480 g/mol. The summed E-state index contributed by atoms with van der Waals surface area (Å²) < 4.78 is 5.86. The minimum Gasteiger partial charge on any atom is -0.502 e. The van der Waals surface area contributed by atoms with Gasteiger partial charge in [0.25, 0.3) is 0 Å². The lowest BCUT2D eigenvalue weighted by Crippen LogP contribution is -2.36. The van der Waals surface area contributed by atoms with E-state index in [-0.39, 0.29) is 18.1 Å². The summed E-state index contributed by atoms with van der Waals surface area (Å²) in [6, 6.07) is 14.9. The van der Waals surface area contributed by atoms with Gasteiger partial charge in [0.1, 0.15) is 5.76 Å². The van der Waals surface area contributed by atoms with Crippen molar-refractivity contribution in [3.8, 4) is 5.75 Å². The normalized spacial score (nSPS) is 14.2. The van der Waals surface area contributed by atoms with Crippen molar-refractivity contribution in [2.24, 2.45) is 0 Å². The largest absolute Gasteiger partial charge is 0.502 e. The summed E-state index contributed by atoms with van der Waals surface area (Å²) in [5.74, 6) is -0.883. The van der Waals surface area contributed by atoms with Crippen LogP contribution in [-0.4, -0.2) is 37.4 Å². The Morgan fingerprint density at radius 2 is 2.00 bits per heavy atom. The first-order valence-corrected chi connectivity index (χ1v) is 11.9. The third kappa shape index (κ3) is 3.71. The molecule has 8 heteroatoms. The van der Waals surface area contributed by atoms with Crippen LogP contribution >= 0.6 is 0 Å². The Hall–Kier alpha value is -4.46. The fourth-order valence-corrected chi connectivity index (χ4v) is 5.21. The molecule has 4 heterocycles. The summed E-state index contributed by atoms with van der Waals surface area (Å²) in [5.41, 5.74) is 4.72. The van der Waals surface area contributed by atoms with Gasteiger partial charge in [-0.25, -0.2) is 0 Å². The van der Waals surface area contributed by atoms with E-state index in [0.717, 1.165) is 17.6 Å². The van der Waals surface area contributed by atoms with Crippen molar-refractivity contribution < 1.29 is 14.3 Å². The molecule has 3 aromatic heterocycles. The Labute approximate surface area is 206 Å². The number of aromatic hydroxyl groups is 1. The number of amides is 1. The van der Waals surface area contributed by atoms with Gasteiger partial charge in [-0.3, -0.25) is 19.6 Å². The van der Waals surface area contributed by atoms with Crippen LogP contribution in [0.4, 0.5) is 0 Å². The molecule has 36 heavy (non-hydrogen) atoms. The van der Waals surface area contributed by atoms with Gasteiger partial charge in [0, 0.05) is 48.0 Å². The molecule has 2 N–H and O–H groups in total. The summed E-state index contributed by atoms with van der Waals surface area (Å²) in [4.78, 5) is 40.2. The van der Waals surface area contributed by atoms with Crippen LogP contribution < -0.4 is 5.43 Å². The van der Waals surface area contributed by atoms with Crippen molar-refractivity contribution in [3.05, 3.63) is 99.5 Å². The first-order valence-electron chi connectivity index (χ1n) is 11.9. The zero-order valence-corrected chi connectivity index (χ0v) is 19.7. The molecule has 180 valence electrons. The predicted molar refractivity (Wildman–Crippen MR) is 135 cm³/mol. The van der Waals surface area contributed by atoms with Gasteiger partial charge in [0.05, 0.1) is 23.5 Å². The number of nitrogens with zero attached hydrogens (tertiary/aromatic N) is 3. The number of benzene rings is 2. The molecule has 0 aliphatic carbocycles. The maximum atomic E-state index is 13.7. The Morgan fingerprint density at radius 1 is 1.17 bits per heavy atom. The van der Waals surface area contributed by atoms with Crippen LogP contribution in [0.25, 0.3) is 21.9 Å². The van der Waals surface area contributed by atoms with Crippen LogP contribution in [0, 0.1) is 6.92 Å². The fraction of sp³-hybridized carbons (Fsp3) is 0.214. The second-order valence-corrected chi connectivity index (χ2v) is 9.16. The standard InChI is InChI=1S/C28H24N4O4/c1-16-13-24(33)27(35)28(36-16)20(19-6-4-8-22-26(19)30-11-10-29-22)14-25(34)32-12-9-18-17-5-2-3-7-21(17)31-23(18)15-32/h2-8,10-11,13,20,31,35H,9,12,14-15H2,1H3/t20-/m1/s1. The second-order valence-electron chi connectivity index (χ2n) is 9.16. The van der Waals surface area contributed by atoms with E-state index in [1.54, 1.807) is 19.3 Å². The Balaban J connectivity index is 1.39. The van der Waals surface area contributed by atoms with E-state index in [9.17, 15) is 14.7 Å². The number of nitrogens with one attached hydrogen (secondary N) is 1. The smallest absolute Gasteiger partial charge is 0.227 e. The maximum absolute atomic E-state index is 13.7.